The molecule has 1 saturated heterocycles. The van der Waals surface area contributed by atoms with E-state index >= 15 is 0 Å². The average molecular weight is 353 g/mol. The normalized spacial score (nSPS) is 16.8. The second-order valence-electron chi connectivity index (χ2n) is 6.49. The summed E-state index contributed by atoms with van der Waals surface area (Å²) in [5.74, 6) is 0.356. The molecule has 1 aliphatic heterocycles. The molecular formula is C17H27N3O3S. The van der Waals surface area contributed by atoms with E-state index < -0.39 is 0 Å². The number of thiophene rings is 1. The zero-order valence-corrected chi connectivity index (χ0v) is 15.4. The molecule has 6 nitrogen and oxygen atoms in total. The second kappa shape index (κ2) is 9.15. The minimum absolute atomic E-state index is 0.0846. The number of carbonyl (C=O) groups excluding carboxylic acids is 2. The van der Waals surface area contributed by atoms with Crippen molar-refractivity contribution in [3.05, 3.63) is 17.0 Å². The number of rotatable bonds is 7. The van der Waals surface area contributed by atoms with Gasteiger partial charge in [0, 0.05) is 32.6 Å². The number of morpholine rings is 1. The van der Waals surface area contributed by atoms with Crippen molar-refractivity contribution < 1.29 is 14.3 Å². The Morgan fingerprint density at radius 1 is 1.29 bits per heavy atom. The van der Waals surface area contributed by atoms with Crippen LogP contribution in [0.2, 0.25) is 0 Å². The van der Waals surface area contributed by atoms with Crippen LogP contribution in [0.3, 0.4) is 0 Å². The highest BCUT2D eigenvalue weighted by molar-refractivity contribution is 7.18. The SMILES string of the molecule is CC(=O)Nc1ccc(C(=O)NCC(CC(C)C)N2CCOCC2)s1. The monoisotopic (exact) mass is 353 g/mol. The molecule has 0 spiro atoms. The van der Waals surface area contributed by atoms with Crippen LogP contribution in [0.25, 0.3) is 0 Å². The van der Waals surface area contributed by atoms with E-state index in [1.807, 2.05) is 0 Å². The van der Waals surface area contributed by atoms with Crippen LogP contribution in [0.4, 0.5) is 5.00 Å². The van der Waals surface area contributed by atoms with Crippen molar-refractivity contribution in [3.63, 3.8) is 0 Å². The van der Waals surface area contributed by atoms with Crippen molar-refractivity contribution in [3.8, 4) is 0 Å². The van der Waals surface area contributed by atoms with Crippen LogP contribution in [0.5, 0.6) is 0 Å². The van der Waals surface area contributed by atoms with Crippen LogP contribution in [0.15, 0.2) is 12.1 Å². The van der Waals surface area contributed by atoms with E-state index in [4.69, 9.17) is 4.74 Å². The first-order valence-corrected chi connectivity index (χ1v) is 9.24. The number of hydrogen-bond acceptors (Lipinski definition) is 5. The number of anilines is 1. The highest BCUT2D eigenvalue weighted by Crippen LogP contribution is 2.22. The van der Waals surface area contributed by atoms with E-state index in [0.717, 1.165) is 32.7 Å². The average Bonchev–Trinajstić information content (AvgIpc) is 2.99. The summed E-state index contributed by atoms with van der Waals surface area (Å²) in [5, 5.41) is 6.44. The number of nitrogens with one attached hydrogen (secondary N) is 2. The molecule has 7 heteroatoms. The van der Waals surface area contributed by atoms with Crippen LogP contribution in [0.1, 0.15) is 36.9 Å². The third-order valence-electron chi connectivity index (χ3n) is 3.93. The third kappa shape index (κ3) is 5.89. The first-order chi connectivity index (χ1) is 11.5. The summed E-state index contributed by atoms with van der Waals surface area (Å²) in [4.78, 5) is 26.4. The lowest BCUT2D eigenvalue weighted by atomic mass is 10.0. The van der Waals surface area contributed by atoms with E-state index in [-0.39, 0.29) is 11.8 Å². The molecule has 1 atom stereocenters. The number of carbonyl (C=O) groups is 2. The Morgan fingerprint density at radius 3 is 2.62 bits per heavy atom. The highest BCUT2D eigenvalue weighted by Gasteiger charge is 2.23. The van der Waals surface area contributed by atoms with Crippen molar-refractivity contribution in [2.45, 2.75) is 33.2 Å². The van der Waals surface area contributed by atoms with Gasteiger partial charge in [0.15, 0.2) is 0 Å². The molecule has 2 N–H and O–H groups in total. The minimum atomic E-state index is -0.131. The molecule has 1 fully saturated rings. The van der Waals surface area contributed by atoms with Gasteiger partial charge in [-0.1, -0.05) is 13.8 Å². The summed E-state index contributed by atoms with van der Waals surface area (Å²) >= 11 is 1.29. The molecule has 2 amide bonds. The predicted octanol–water partition coefficient (Wildman–Crippen LogP) is 2.18. The lowest BCUT2D eigenvalue weighted by Gasteiger charge is -2.35. The van der Waals surface area contributed by atoms with Crippen molar-refractivity contribution in [1.29, 1.82) is 0 Å². The topological polar surface area (TPSA) is 70.7 Å². The lowest BCUT2D eigenvalue weighted by molar-refractivity contribution is -0.114. The summed E-state index contributed by atoms with van der Waals surface area (Å²) in [6.45, 7) is 9.84. The molecule has 0 aromatic carbocycles. The Balaban J connectivity index is 1.90. The van der Waals surface area contributed by atoms with Gasteiger partial charge in [0.25, 0.3) is 5.91 Å². The lowest BCUT2D eigenvalue weighted by Crippen LogP contribution is -2.49. The van der Waals surface area contributed by atoms with E-state index in [1.165, 1.54) is 18.3 Å². The fourth-order valence-electron chi connectivity index (χ4n) is 2.85. The molecule has 24 heavy (non-hydrogen) atoms. The zero-order chi connectivity index (χ0) is 17.5. The smallest absolute Gasteiger partial charge is 0.261 e. The molecule has 0 radical (unpaired) electrons. The Labute approximate surface area is 147 Å². The quantitative estimate of drug-likeness (QED) is 0.788. The maximum Gasteiger partial charge on any atom is 0.261 e. The van der Waals surface area contributed by atoms with E-state index in [2.05, 4.69) is 29.4 Å². The minimum Gasteiger partial charge on any atom is -0.379 e. The van der Waals surface area contributed by atoms with Gasteiger partial charge in [-0.25, -0.2) is 0 Å². The fraction of sp³-hybridized carbons (Fsp3) is 0.647. The Kier molecular flexibility index (Phi) is 7.20. The van der Waals surface area contributed by atoms with Crippen molar-refractivity contribution in [2.24, 2.45) is 5.92 Å². The Bertz CT molecular complexity index is 553. The number of amides is 2. The standard InChI is InChI=1S/C17H27N3O3S/c1-12(2)10-14(20-6-8-23-9-7-20)11-18-17(22)15-4-5-16(24-15)19-13(3)21/h4-5,12,14H,6-11H2,1-3H3,(H,18,22)(H,19,21). The maximum atomic E-state index is 12.4. The van der Waals surface area contributed by atoms with Gasteiger partial charge in [-0.05, 0) is 24.5 Å². The summed E-state index contributed by atoms with van der Waals surface area (Å²) in [6.07, 6.45) is 1.04. The van der Waals surface area contributed by atoms with Gasteiger partial charge in [-0.15, -0.1) is 11.3 Å². The van der Waals surface area contributed by atoms with Gasteiger partial charge in [0.2, 0.25) is 5.91 Å². The Hall–Kier alpha value is -1.44. The van der Waals surface area contributed by atoms with Crippen LogP contribution in [0, 0.1) is 5.92 Å². The summed E-state index contributed by atoms with van der Waals surface area (Å²) in [5.41, 5.74) is 0. The largest absolute Gasteiger partial charge is 0.379 e. The summed E-state index contributed by atoms with van der Waals surface area (Å²) < 4.78 is 5.42. The van der Waals surface area contributed by atoms with E-state index in [9.17, 15) is 9.59 Å². The molecular weight excluding hydrogens is 326 g/mol. The third-order valence-corrected chi connectivity index (χ3v) is 4.93. The van der Waals surface area contributed by atoms with E-state index in [1.54, 1.807) is 12.1 Å². The van der Waals surface area contributed by atoms with Crippen LogP contribution >= 0.6 is 11.3 Å². The predicted molar refractivity (Wildman–Crippen MR) is 96.6 cm³/mol. The number of ether oxygens (including phenoxy) is 1. The molecule has 0 bridgehead atoms. The van der Waals surface area contributed by atoms with Crippen LogP contribution < -0.4 is 10.6 Å². The molecule has 1 aliphatic rings. The molecule has 0 aliphatic carbocycles. The number of hydrogen-bond donors (Lipinski definition) is 2. The molecule has 1 aromatic rings. The van der Waals surface area contributed by atoms with Crippen molar-refractivity contribution in [1.82, 2.24) is 10.2 Å². The molecule has 0 saturated carbocycles. The zero-order valence-electron chi connectivity index (χ0n) is 14.6. The summed E-state index contributed by atoms with van der Waals surface area (Å²) in [7, 11) is 0. The van der Waals surface area contributed by atoms with Gasteiger partial charge < -0.3 is 15.4 Å². The van der Waals surface area contributed by atoms with Crippen molar-refractivity contribution >= 4 is 28.2 Å². The molecule has 2 heterocycles. The molecule has 1 aromatic heterocycles. The van der Waals surface area contributed by atoms with E-state index in [0.29, 0.717) is 28.4 Å². The van der Waals surface area contributed by atoms with Crippen LogP contribution in [-0.4, -0.2) is 55.6 Å². The van der Waals surface area contributed by atoms with Gasteiger partial charge in [-0.3, -0.25) is 14.5 Å². The molecule has 134 valence electrons. The van der Waals surface area contributed by atoms with Gasteiger partial charge in [0.05, 0.1) is 23.1 Å². The Morgan fingerprint density at radius 2 is 2.00 bits per heavy atom. The first-order valence-electron chi connectivity index (χ1n) is 8.43. The van der Waals surface area contributed by atoms with Crippen molar-refractivity contribution in [2.75, 3.05) is 38.2 Å². The molecule has 1 unspecified atom stereocenters. The van der Waals surface area contributed by atoms with Gasteiger partial charge in [0.1, 0.15) is 0 Å². The second-order valence-corrected chi connectivity index (χ2v) is 7.57. The fourth-order valence-corrected chi connectivity index (χ4v) is 3.72. The molecule has 2 rings (SSSR count). The first kappa shape index (κ1) is 18.9. The van der Waals surface area contributed by atoms with Gasteiger partial charge >= 0.3 is 0 Å². The summed E-state index contributed by atoms with van der Waals surface area (Å²) in [6, 6.07) is 3.83. The number of nitrogens with zero attached hydrogens (tertiary/aromatic N) is 1. The maximum absolute atomic E-state index is 12.4. The highest BCUT2D eigenvalue weighted by atomic mass is 32.1. The van der Waals surface area contributed by atoms with Crippen LogP contribution in [-0.2, 0) is 9.53 Å². The van der Waals surface area contributed by atoms with Gasteiger partial charge in [-0.2, -0.15) is 0 Å².